The number of hydrogen-bond donors (Lipinski definition) is 0. The van der Waals surface area contributed by atoms with Gasteiger partial charge in [-0.3, -0.25) is 9.69 Å². The Balaban J connectivity index is 1.57. The Hall–Kier alpha value is -2.02. The van der Waals surface area contributed by atoms with Crippen molar-refractivity contribution in [1.29, 1.82) is 0 Å². The van der Waals surface area contributed by atoms with Crippen LogP contribution in [0.5, 0.6) is 11.5 Å². The summed E-state index contributed by atoms with van der Waals surface area (Å²) in [5.74, 6) is 1.04. The molecule has 3 rings (SSSR count). The summed E-state index contributed by atoms with van der Waals surface area (Å²) in [5, 5.41) is 4.72. The number of carbonyl (C=O) groups excluding carboxylic acids is 1. The maximum absolute atomic E-state index is 12.5. The molecule has 0 unspecified atom stereocenters. The van der Waals surface area contributed by atoms with Gasteiger partial charge in [0.1, 0.15) is 0 Å². The zero-order valence-electron chi connectivity index (χ0n) is 15.5. The van der Waals surface area contributed by atoms with Gasteiger partial charge in [0.15, 0.2) is 11.5 Å². The lowest BCUT2D eigenvalue weighted by atomic mass is 10.1. The number of rotatable bonds is 6. The van der Waals surface area contributed by atoms with Crippen molar-refractivity contribution in [3.8, 4) is 11.5 Å². The highest BCUT2D eigenvalue weighted by atomic mass is 35.5. The fraction of sp³-hybridized carbons (Fsp3) is 0.350. The van der Waals surface area contributed by atoms with Crippen molar-refractivity contribution in [2.75, 3.05) is 40.4 Å². The van der Waals surface area contributed by atoms with E-state index in [9.17, 15) is 4.79 Å². The smallest absolute Gasteiger partial charge is 0.246 e. The molecule has 144 valence electrons. The van der Waals surface area contributed by atoms with Crippen LogP contribution in [-0.4, -0.2) is 56.1 Å². The van der Waals surface area contributed by atoms with Gasteiger partial charge < -0.3 is 14.4 Å². The summed E-state index contributed by atoms with van der Waals surface area (Å²) in [6, 6.07) is 5.71. The third kappa shape index (κ3) is 5.03. The molecule has 0 spiro atoms. The van der Waals surface area contributed by atoms with Gasteiger partial charge in [-0.05, 0) is 46.2 Å². The Labute approximate surface area is 168 Å². The minimum atomic E-state index is 0.0103. The Morgan fingerprint density at radius 1 is 1.22 bits per heavy atom. The molecule has 1 amide bonds. The summed E-state index contributed by atoms with van der Waals surface area (Å²) >= 11 is 7.93. The van der Waals surface area contributed by atoms with Crippen LogP contribution < -0.4 is 9.47 Å². The van der Waals surface area contributed by atoms with E-state index in [2.05, 4.69) is 21.7 Å². The standard InChI is InChI=1S/C20H23ClN2O3S/c1-25-18-12-15(11-17(21)20(18)26-2)3-4-19(24)23-8-6-22(7-9-23)13-16-5-10-27-14-16/h3-5,10-12,14H,6-9,13H2,1-2H3/b4-3+. The molecular formula is C20H23ClN2O3S. The van der Waals surface area contributed by atoms with Gasteiger partial charge in [0.2, 0.25) is 5.91 Å². The predicted octanol–water partition coefficient (Wildman–Crippen LogP) is 3.78. The molecule has 0 N–H and O–H groups in total. The van der Waals surface area contributed by atoms with Gasteiger partial charge in [-0.1, -0.05) is 11.6 Å². The van der Waals surface area contributed by atoms with E-state index in [1.807, 2.05) is 4.90 Å². The van der Waals surface area contributed by atoms with Crippen LogP contribution in [-0.2, 0) is 11.3 Å². The quantitative estimate of drug-likeness (QED) is 0.685. The second-order valence-corrected chi connectivity index (χ2v) is 7.49. The van der Waals surface area contributed by atoms with Crippen LogP contribution in [0.3, 0.4) is 0 Å². The van der Waals surface area contributed by atoms with Crippen LogP contribution in [0.15, 0.2) is 35.0 Å². The summed E-state index contributed by atoms with van der Waals surface area (Å²) in [4.78, 5) is 16.7. The zero-order valence-corrected chi connectivity index (χ0v) is 17.1. The SMILES string of the molecule is COc1cc(/C=C/C(=O)N2CCN(Cc3ccsc3)CC2)cc(Cl)c1OC. The fourth-order valence-electron chi connectivity index (χ4n) is 3.07. The molecule has 2 aromatic rings. The van der Waals surface area contributed by atoms with Crippen molar-refractivity contribution >= 4 is 34.9 Å². The first kappa shape index (κ1) is 19.7. The highest BCUT2D eigenvalue weighted by Gasteiger charge is 2.19. The van der Waals surface area contributed by atoms with Gasteiger partial charge in [-0.2, -0.15) is 11.3 Å². The summed E-state index contributed by atoms with van der Waals surface area (Å²) < 4.78 is 10.5. The highest BCUT2D eigenvalue weighted by Crippen LogP contribution is 2.36. The van der Waals surface area contributed by atoms with Crippen molar-refractivity contribution in [2.45, 2.75) is 6.54 Å². The molecule has 1 fully saturated rings. The molecule has 1 aliphatic heterocycles. The number of methoxy groups -OCH3 is 2. The number of piperazine rings is 1. The molecule has 0 aliphatic carbocycles. The van der Waals surface area contributed by atoms with E-state index in [0.29, 0.717) is 16.5 Å². The van der Waals surface area contributed by atoms with Crippen LogP contribution in [0.1, 0.15) is 11.1 Å². The Morgan fingerprint density at radius 3 is 2.63 bits per heavy atom. The van der Waals surface area contributed by atoms with Gasteiger partial charge in [0.25, 0.3) is 0 Å². The third-order valence-corrected chi connectivity index (χ3v) is 5.56. The first-order valence-corrected chi connectivity index (χ1v) is 10.0. The van der Waals surface area contributed by atoms with E-state index >= 15 is 0 Å². The van der Waals surface area contributed by atoms with Crippen LogP contribution >= 0.6 is 22.9 Å². The monoisotopic (exact) mass is 406 g/mol. The molecule has 0 atom stereocenters. The number of carbonyl (C=O) groups is 1. The second-order valence-electron chi connectivity index (χ2n) is 6.30. The maximum atomic E-state index is 12.5. The van der Waals surface area contributed by atoms with Gasteiger partial charge in [-0.15, -0.1) is 0 Å². The molecule has 7 heteroatoms. The number of benzene rings is 1. The number of nitrogens with zero attached hydrogens (tertiary/aromatic N) is 2. The van der Waals surface area contributed by atoms with Crippen molar-refractivity contribution in [1.82, 2.24) is 9.80 Å². The van der Waals surface area contributed by atoms with E-state index in [1.54, 1.807) is 49.8 Å². The largest absolute Gasteiger partial charge is 0.493 e. The van der Waals surface area contributed by atoms with Gasteiger partial charge >= 0.3 is 0 Å². The number of hydrogen-bond acceptors (Lipinski definition) is 5. The maximum Gasteiger partial charge on any atom is 0.246 e. The Morgan fingerprint density at radius 2 is 2.00 bits per heavy atom. The third-order valence-electron chi connectivity index (χ3n) is 4.54. The molecule has 0 radical (unpaired) electrons. The summed E-state index contributed by atoms with van der Waals surface area (Å²) in [6.07, 6.45) is 3.35. The van der Waals surface area contributed by atoms with Crippen LogP contribution in [0.25, 0.3) is 6.08 Å². The normalized spacial score (nSPS) is 15.3. The van der Waals surface area contributed by atoms with Crippen LogP contribution in [0, 0.1) is 0 Å². The molecule has 2 heterocycles. The molecule has 0 saturated carbocycles. The topological polar surface area (TPSA) is 42.0 Å². The predicted molar refractivity (Wildman–Crippen MR) is 110 cm³/mol. The molecular weight excluding hydrogens is 384 g/mol. The van der Waals surface area contributed by atoms with Crippen LogP contribution in [0.4, 0.5) is 0 Å². The average molecular weight is 407 g/mol. The van der Waals surface area contributed by atoms with E-state index in [0.717, 1.165) is 38.3 Å². The van der Waals surface area contributed by atoms with Crippen molar-refractivity contribution < 1.29 is 14.3 Å². The molecule has 1 saturated heterocycles. The number of ether oxygens (including phenoxy) is 2. The van der Waals surface area contributed by atoms with E-state index in [4.69, 9.17) is 21.1 Å². The number of amides is 1. The van der Waals surface area contributed by atoms with E-state index in [-0.39, 0.29) is 5.91 Å². The summed E-state index contributed by atoms with van der Waals surface area (Å²) in [7, 11) is 3.10. The van der Waals surface area contributed by atoms with Crippen molar-refractivity contribution in [3.05, 3.63) is 51.2 Å². The lowest BCUT2D eigenvalue weighted by molar-refractivity contribution is -0.127. The van der Waals surface area contributed by atoms with Crippen molar-refractivity contribution in [2.24, 2.45) is 0 Å². The molecule has 0 bridgehead atoms. The molecule has 1 aromatic heterocycles. The first-order valence-electron chi connectivity index (χ1n) is 8.72. The first-order chi connectivity index (χ1) is 13.1. The van der Waals surface area contributed by atoms with E-state index in [1.165, 1.54) is 5.56 Å². The average Bonchev–Trinajstić information content (AvgIpc) is 3.19. The Bertz CT molecular complexity index is 800. The second kappa shape index (κ2) is 9.26. The minimum absolute atomic E-state index is 0.0103. The lowest BCUT2D eigenvalue weighted by Gasteiger charge is -2.34. The zero-order chi connectivity index (χ0) is 19.2. The fourth-order valence-corrected chi connectivity index (χ4v) is 4.03. The number of thiophene rings is 1. The van der Waals surface area contributed by atoms with E-state index < -0.39 is 0 Å². The van der Waals surface area contributed by atoms with Gasteiger partial charge in [-0.25, -0.2) is 0 Å². The molecule has 1 aliphatic rings. The summed E-state index contributed by atoms with van der Waals surface area (Å²) in [5.41, 5.74) is 2.13. The lowest BCUT2D eigenvalue weighted by Crippen LogP contribution is -2.47. The van der Waals surface area contributed by atoms with Gasteiger partial charge in [0.05, 0.1) is 19.2 Å². The van der Waals surface area contributed by atoms with Crippen LogP contribution in [0.2, 0.25) is 5.02 Å². The highest BCUT2D eigenvalue weighted by molar-refractivity contribution is 7.07. The van der Waals surface area contributed by atoms with Gasteiger partial charge in [0, 0.05) is 38.8 Å². The minimum Gasteiger partial charge on any atom is -0.493 e. The molecule has 27 heavy (non-hydrogen) atoms. The molecule has 5 nitrogen and oxygen atoms in total. The molecule has 1 aromatic carbocycles. The Kier molecular flexibility index (Phi) is 6.77. The number of halogens is 1. The summed E-state index contributed by atoms with van der Waals surface area (Å²) in [6.45, 7) is 4.20. The van der Waals surface area contributed by atoms with Crippen molar-refractivity contribution in [3.63, 3.8) is 0 Å².